The fraction of sp³-hybridized carbons (Fsp3) is 0.250. The number of aromatic hydroxyl groups is 1. The summed E-state index contributed by atoms with van der Waals surface area (Å²) >= 11 is 5.89. The number of carbonyl (C=O) groups excluding carboxylic acids is 1. The molecule has 5 nitrogen and oxygen atoms in total. The summed E-state index contributed by atoms with van der Waals surface area (Å²) in [6, 6.07) is 11.9. The molecule has 2 rings (SSSR count). The smallest absolute Gasteiger partial charge is 0.253 e. The summed E-state index contributed by atoms with van der Waals surface area (Å²) in [4.78, 5) is 12.5. The van der Waals surface area contributed by atoms with E-state index in [4.69, 9.17) is 27.5 Å². The van der Waals surface area contributed by atoms with Crippen LogP contribution in [-0.2, 0) is 16.0 Å². The van der Waals surface area contributed by atoms with Crippen molar-refractivity contribution < 1.29 is 19.4 Å². The number of ether oxygens (including phenoxy) is 2. The van der Waals surface area contributed by atoms with Crippen LogP contribution in [0.1, 0.15) is 17.2 Å². The molecule has 0 aliphatic heterocycles. The topological polar surface area (TPSA) is 67.8 Å². The number of hydrogen-bond donors (Lipinski definition) is 2. The average Bonchev–Trinajstić information content (AvgIpc) is 2.64. The third kappa shape index (κ3) is 5.41. The second-order valence-corrected chi connectivity index (χ2v) is 5.93. The maximum atomic E-state index is 12.5. The molecule has 0 radical (unpaired) electrons. The zero-order chi connectivity index (χ0) is 18.9. The minimum Gasteiger partial charge on any atom is -0.504 e. The molecule has 26 heavy (non-hydrogen) atoms. The first-order chi connectivity index (χ1) is 12.5. The molecule has 0 saturated carbocycles. The van der Waals surface area contributed by atoms with Crippen LogP contribution in [0.3, 0.4) is 0 Å². The summed E-state index contributed by atoms with van der Waals surface area (Å²) in [5.41, 5.74) is 1.60. The molecule has 1 amide bonds. The lowest BCUT2D eigenvalue weighted by Gasteiger charge is -2.17. The van der Waals surface area contributed by atoms with Crippen LogP contribution in [0.5, 0.6) is 11.5 Å². The van der Waals surface area contributed by atoms with Crippen molar-refractivity contribution in [2.75, 3.05) is 20.3 Å². The van der Waals surface area contributed by atoms with Gasteiger partial charge in [0.25, 0.3) is 5.91 Å². The van der Waals surface area contributed by atoms with E-state index in [1.165, 1.54) is 7.11 Å². The maximum Gasteiger partial charge on any atom is 0.253 e. The van der Waals surface area contributed by atoms with E-state index in [-0.39, 0.29) is 18.3 Å². The molecular weight excluding hydrogens is 354 g/mol. The SMILES string of the molecule is C#CCOC(C(=O)NCCc1ccc(O)c(OC)c1)c1ccc(Cl)cc1. The predicted octanol–water partition coefficient (Wildman–Crippen LogP) is 3.10. The minimum atomic E-state index is -0.808. The highest BCUT2D eigenvalue weighted by molar-refractivity contribution is 6.30. The van der Waals surface area contributed by atoms with Crippen molar-refractivity contribution in [2.24, 2.45) is 0 Å². The van der Waals surface area contributed by atoms with Gasteiger partial charge in [0.05, 0.1) is 7.11 Å². The van der Waals surface area contributed by atoms with Crippen LogP contribution < -0.4 is 10.1 Å². The van der Waals surface area contributed by atoms with Gasteiger partial charge in [0, 0.05) is 11.6 Å². The highest BCUT2D eigenvalue weighted by Crippen LogP contribution is 2.26. The number of amides is 1. The lowest BCUT2D eigenvalue weighted by Crippen LogP contribution is -2.32. The van der Waals surface area contributed by atoms with Crippen LogP contribution in [0.2, 0.25) is 5.02 Å². The van der Waals surface area contributed by atoms with Crippen molar-refractivity contribution >= 4 is 17.5 Å². The summed E-state index contributed by atoms with van der Waals surface area (Å²) in [5.74, 6) is 2.55. The Kier molecular flexibility index (Phi) is 7.34. The van der Waals surface area contributed by atoms with E-state index in [1.54, 1.807) is 42.5 Å². The number of phenols is 1. The summed E-state index contributed by atoms with van der Waals surface area (Å²) in [7, 11) is 1.49. The van der Waals surface area contributed by atoms with E-state index < -0.39 is 6.10 Å². The molecule has 2 aromatic rings. The molecule has 136 valence electrons. The van der Waals surface area contributed by atoms with Crippen LogP contribution in [0.4, 0.5) is 0 Å². The van der Waals surface area contributed by atoms with Gasteiger partial charge in [-0.15, -0.1) is 6.42 Å². The molecule has 0 spiro atoms. The largest absolute Gasteiger partial charge is 0.504 e. The molecule has 0 aromatic heterocycles. The van der Waals surface area contributed by atoms with Gasteiger partial charge in [-0.05, 0) is 41.8 Å². The highest BCUT2D eigenvalue weighted by Gasteiger charge is 2.20. The van der Waals surface area contributed by atoms with Gasteiger partial charge in [-0.1, -0.05) is 35.7 Å². The summed E-state index contributed by atoms with van der Waals surface area (Å²) in [6.07, 6.45) is 5.00. The lowest BCUT2D eigenvalue weighted by atomic mass is 10.1. The van der Waals surface area contributed by atoms with Gasteiger partial charge >= 0.3 is 0 Å². The number of rotatable bonds is 8. The van der Waals surface area contributed by atoms with Crippen LogP contribution in [0.25, 0.3) is 0 Å². The summed E-state index contributed by atoms with van der Waals surface area (Å²) in [6.45, 7) is 0.423. The number of methoxy groups -OCH3 is 1. The Bertz CT molecular complexity index is 783. The standard InChI is InChI=1S/C20H20ClNO4/c1-3-12-26-19(15-5-7-16(21)8-6-15)20(24)22-11-10-14-4-9-17(23)18(13-14)25-2/h1,4-9,13,19,23H,10-12H2,2H3,(H,22,24). The quantitative estimate of drug-likeness (QED) is 0.698. The van der Waals surface area contributed by atoms with Gasteiger partial charge in [0.15, 0.2) is 17.6 Å². The van der Waals surface area contributed by atoms with E-state index in [0.717, 1.165) is 5.56 Å². The molecule has 1 atom stereocenters. The Morgan fingerprint density at radius 1 is 1.31 bits per heavy atom. The number of benzene rings is 2. The van der Waals surface area contributed by atoms with E-state index >= 15 is 0 Å². The molecule has 0 aliphatic carbocycles. The average molecular weight is 374 g/mol. The van der Waals surface area contributed by atoms with E-state index in [0.29, 0.717) is 29.3 Å². The first-order valence-corrected chi connectivity index (χ1v) is 8.37. The van der Waals surface area contributed by atoms with Crippen molar-refractivity contribution in [2.45, 2.75) is 12.5 Å². The normalized spacial score (nSPS) is 11.4. The molecule has 1 unspecified atom stereocenters. The van der Waals surface area contributed by atoms with Crippen molar-refractivity contribution in [3.63, 3.8) is 0 Å². The Balaban J connectivity index is 1.98. The molecule has 0 aliphatic rings. The molecule has 2 N–H and O–H groups in total. The van der Waals surface area contributed by atoms with Crippen LogP contribution >= 0.6 is 11.6 Å². The minimum absolute atomic E-state index is 0.0237. The number of nitrogens with one attached hydrogen (secondary N) is 1. The first-order valence-electron chi connectivity index (χ1n) is 7.99. The zero-order valence-corrected chi connectivity index (χ0v) is 15.1. The number of phenolic OH excluding ortho intramolecular Hbond substituents is 1. The fourth-order valence-corrected chi connectivity index (χ4v) is 2.52. The van der Waals surface area contributed by atoms with Gasteiger partial charge in [-0.2, -0.15) is 0 Å². The number of hydrogen-bond acceptors (Lipinski definition) is 4. The Labute approximate surface area is 157 Å². The number of halogens is 1. The second kappa shape index (κ2) is 9.71. The van der Waals surface area contributed by atoms with Gasteiger partial charge in [-0.25, -0.2) is 0 Å². The second-order valence-electron chi connectivity index (χ2n) is 5.49. The number of carbonyl (C=O) groups is 1. The van der Waals surface area contributed by atoms with Crippen LogP contribution in [0, 0.1) is 12.3 Å². The third-order valence-electron chi connectivity index (χ3n) is 3.70. The van der Waals surface area contributed by atoms with Crippen molar-refractivity contribution in [3.8, 4) is 23.8 Å². The van der Waals surface area contributed by atoms with Crippen LogP contribution in [-0.4, -0.2) is 31.3 Å². The van der Waals surface area contributed by atoms with Gasteiger partial charge in [0.1, 0.15) is 6.61 Å². The van der Waals surface area contributed by atoms with Gasteiger partial charge in [-0.3, -0.25) is 4.79 Å². The first kappa shape index (κ1) is 19.6. The maximum absolute atomic E-state index is 12.5. The third-order valence-corrected chi connectivity index (χ3v) is 3.95. The molecule has 0 heterocycles. The Morgan fingerprint density at radius 2 is 2.04 bits per heavy atom. The monoisotopic (exact) mass is 373 g/mol. The predicted molar refractivity (Wildman–Crippen MR) is 100 cm³/mol. The van der Waals surface area contributed by atoms with Crippen molar-refractivity contribution in [1.29, 1.82) is 0 Å². The van der Waals surface area contributed by atoms with E-state index in [1.807, 2.05) is 0 Å². The van der Waals surface area contributed by atoms with Crippen molar-refractivity contribution in [3.05, 3.63) is 58.6 Å². The lowest BCUT2D eigenvalue weighted by molar-refractivity contribution is -0.132. The fourth-order valence-electron chi connectivity index (χ4n) is 2.39. The Hall–Kier alpha value is -2.68. The molecule has 2 aromatic carbocycles. The van der Waals surface area contributed by atoms with E-state index in [9.17, 15) is 9.90 Å². The molecule has 6 heteroatoms. The zero-order valence-electron chi connectivity index (χ0n) is 14.4. The number of terminal acetylenes is 1. The summed E-state index contributed by atoms with van der Waals surface area (Å²) in [5, 5.41) is 13.0. The highest BCUT2D eigenvalue weighted by atomic mass is 35.5. The molecular formula is C20H20ClNO4. The molecule has 0 bridgehead atoms. The van der Waals surface area contributed by atoms with E-state index in [2.05, 4.69) is 11.2 Å². The van der Waals surface area contributed by atoms with Crippen LogP contribution in [0.15, 0.2) is 42.5 Å². The van der Waals surface area contributed by atoms with Crippen molar-refractivity contribution in [1.82, 2.24) is 5.32 Å². The molecule has 0 fully saturated rings. The van der Waals surface area contributed by atoms with Gasteiger partial charge < -0.3 is 19.9 Å². The Morgan fingerprint density at radius 3 is 2.69 bits per heavy atom. The summed E-state index contributed by atoms with van der Waals surface area (Å²) < 4.78 is 10.6. The van der Waals surface area contributed by atoms with Gasteiger partial charge in [0.2, 0.25) is 0 Å². The molecule has 0 saturated heterocycles.